The van der Waals surface area contributed by atoms with Crippen molar-refractivity contribution in [2.75, 3.05) is 0 Å². The van der Waals surface area contributed by atoms with E-state index in [0.717, 1.165) is 0 Å². The molecule has 26 valence electrons. The van der Waals surface area contributed by atoms with Gasteiger partial charge in [-0.15, -0.1) is 0 Å². The van der Waals surface area contributed by atoms with E-state index in [1.807, 2.05) is 0 Å². The van der Waals surface area contributed by atoms with Gasteiger partial charge in [-0.05, 0) is 0 Å². The van der Waals surface area contributed by atoms with Crippen LogP contribution in [0.2, 0.25) is 0 Å². The lowest BCUT2D eigenvalue weighted by Gasteiger charge is -1.57. The summed E-state index contributed by atoms with van der Waals surface area (Å²) < 4.78 is 21.1. The molecule has 0 nitrogen and oxygen atoms in total. The Morgan fingerprint density at radius 1 is 1.00 bits per heavy atom. The molecule has 0 aliphatic carbocycles. The van der Waals surface area contributed by atoms with Crippen molar-refractivity contribution in [3.63, 3.8) is 0 Å². The van der Waals surface area contributed by atoms with Gasteiger partial charge in [-0.3, -0.25) is 0 Å². The third-order valence-corrected chi connectivity index (χ3v) is 0.643. The predicted molar refractivity (Wildman–Crippen MR) is 19.3 cm³/mol. The Labute approximate surface area is 28.0 Å². The molecule has 4 heavy (non-hydrogen) atoms. The van der Waals surface area contributed by atoms with Crippen LogP contribution in [0, 0.1) is 0 Å². The van der Waals surface area contributed by atoms with Gasteiger partial charge in [0.15, 0.2) is 0 Å². The maximum absolute atomic E-state index is 10.5. The van der Waals surface area contributed by atoms with Crippen molar-refractivity contribution in [2.45, 2.75) is 0 Å². The van der Waals surface area contributed by atoms with Crippen molar-refractivity contribution in [1.82, 2.24) is 0 Å². The fourth-order valence-electron chi connectivity index (χ4n) is 0. The molecule has 0 spiro atoms. The van der Waals surface area contributed by atoms with Gasteiger partial charge in [0.1, 0.15) is 0 Å². The fourth-order valence-corrected chi connectivity index (χ4v) is 0. The van der Waals surface area contributed by atoms with E-state index < -0.39 is 18.7 Å². The van der Waals surface area contributed by atoms with Crippen molar-refractivity contribution in [3.05, 3.63) is 0 Å². The molecule has 0 aliphatic rings. The van der Waals surface area contributed by atoms with Gasteiger partial charge in [0.25, 0.3) is 0 Å². The van der Waals surface area contributed by atoms with Crippen molar-refractivity contribution < 1.29 is 8.22 Å². The minimum atomic E-state index is -1.60. The third kappa shape index (κ3) is 2.29. The number of hydrogen-bond donors (Lipinski definition) is 0. The molecule has 0 aromatic rings. The van der Waals surface area contributed by atoms with Gasteiger partial charge in [0.05, 0.1) is 0 Å². The highest BCUT2D eigenvalue weighted by atomic mass is 29.2. The molecule has 0 heterocycles. The maximum atomic E-state index is 10.5. The molecular formula is H4F2Si2. The van der Waals surface area contributed by atoms with Crippen LogP contribution in [-0.2, 0) is 0 Å². The Hall–Kier alpha value is 0.294. The van der Waals surface area contributed by atoms with Gasteiger partial charge in [-0.25, -0.2) is 0 Å². The molecule has 4 heteroatoms. The van der Waals surface area contributed by atoms with E-state index in [-0.39, 0.29) is 0 Å². The molecule has 0 saturated carbocycles. The van der Waals surface area contributed by atoms with Gasteiger partial charge in [-0.1, -0.05) is 0 Å². The minimum absolute atomic E-state index is 1.60. The summed E-state index contributed by atoms with van der Waals surface area (Å²) in [5.41, 5.74) is 0. The smallest absolute Gasteiger partial charge is 0.234 e. The van der Waals surface area contributed by atoms with Crippen molar-refractivity contribution in [3.8, 4) is 0 Å². The van der Waals surface area contributed by atoms with Crippen LogP contribution >= 0.6 is 0 Å². The molecule has 0 aromatic carbocycles. The standard InChI is InChI=1S/F2H4Si2/c1-3-4-2/h3-4H2. The molecule has 0 saturated heterocycles. The first-order valence-electron chi connectivity index (χ1n) is 1.03. The molecule has 0 amide bonds. The Morgan fingerprint density at radius 3 is 1.25 bits per heavy atom. The third-order valence-electron chi connectivity index (χ3n) is 0.0714. The van der Waals surface area contributed by atoms with Crippen LogP contribution in [0.15, 0.2) is 0 Å². The summed E-state index contributed by atoms with van der Waals surface area (Å²) in [6.45, 7) is 0. The highest BCUT2D eigenvalue weighted by Gasteiger charge is 1.72. The zero-order valence-electron chi connectivity index (χ0n) is 2.17. The lowest BCUT2D eigenvalue weighted by atomic mass is 18.9. The summed E-state index contributed by atoms with van der Waals surface area (Å²) in [4.78, 5) is 0. The Kier molecular flexibility index (Phi) is 3.54. The Balaban J connectivity index is 1.97. The molecule has 0 aliphatic heterocycles. The van der Waals surface area contributed by atoms with E-state index in [4.69, 9.17) is 0 Å². The molecule has 0 rings (SSSR count). The number of rotatable bonds is 1. The van der Waals surface area contributed by atoms with Gasteiger partial charge in [0.2, 0.25) is 18.7 Å². The molecule has 0 radical (unpaired) electrons. The molecule has 0 unspecified atom stereocenters. The monoisotopic (exact) mass is 98.0 g/mol. The normalized spacial score (nSPS) is 13.5. The maximum Gasteiger partial charge on any atom is 0.234 e. The first kappa shape index (κ1) is 4.29. The van der Waals surface area contributed by atoms with Crippen molar-refractivity contribution >= 4 is 18.7 Å². The molecule has 0 N–H and O–H groups in total. The lowest BCUT2D eigenvalue weighted by Crippen LogP contribution is -1.83. The average Bonchev–Trinajstić information content (AvgIpc) is 1.37. The van der Waals surface area contributed by atoms with E-state index in [9.17, 15) is 8.22 Å². The highest BCUT2D eigenvalue weighted by molar-refractivity contribution is 6.93. The number of hydrogen-bond acceptors (Lipinski definition) is 0. The Bertz CT molecular complexity index is 6.00. The van der Waals surface area contributed by atoms with Gasteiger partial charge < -0.3 is 8.22 Å². The first-order chi connectivity index (χ1) is 1.91. The lowest BCUT2D eigenvalue weighted by molar-refractivity contribution is 0.851. The van der Waals surface area contributed by atoms with Crippen molar-refractivity contribution in [2.24, 2.45) is 0 Å². The van der Waals surface area contributed by atoms with E-state index in [0.29, 0.717) is 0 Å². The molecule has 0 fully saturated rings. The van der Waals surface area contributed by atoms with E-state index in [2.05, 4.69) is 0 Å². The van der Waals surface area contributed by atoms with Crippen molar-refractivity contribution in [1.29, 1.82) is 0 Å². The first-order valence-corrected chi connectivity index (χ1v) is 6.10. The summed E-state index contributed by atoms with van der Waals surface area (Å²) >= 11 is 0. The van der Waals surface area contributed by atoms with Gasteiger partial charge in [0, 0.05) is 0 Å². The second-order valence-electron chi connectivity index (χ2n) is 0.378. The second-order valence-corrected chi connectivity index (χ2v) is 3.40. The summed E-state index contributed by atoms with van der Waals surface area (Å²) in [6.07, 6.45) is 0. The zero-order valence-corrected chi connectivity index (χ0v) is 5.00. The summed E-state index contributed by atoms with van der Waals surface area (Å²) in [5, 5.41) is 0. The van der Waals surface area contributed by atoms with Crippen LogP contribution in [0.3, 0.4) is 0 Å². The minimum Gasteiger partial charge on any atom is -0.324 e. The van der Waals surface area contributed by atoms with Crippen LogP contribution in [-0.4, -0.2) is 18.7 Å². The van der Waals surface area contributed by atoms with Crippen LogP contribution in [0.1, 0.15) is 0 Å². The summed E-state index contributed by atoms with van der Waals surface area (Å²) in [5.74, 6) is 0. The average molecular weight is 98.2 g/mol. The van der Waals surface area contributed by atoms with E-state index >= 15 is 0 Å². The topological polar surface area (TPSA) is 0 Å². The zero-order chi connectivity index (χ0) is 3.41. The SMILES string of the molecule is F[SiH2][SiH2]F. The van der Waals surface area contributed by atoms with Gasteiger partial charge >= 0.3 is 0 Å². The second kappa shape index (κ2) is 3.29. The van der Waals surface area contributed by atoms with Crippen LogP contribution < -0.4 is 0 Å². The van der Waals surface area contributed by atoms with Crippen LogP contribution in [0.25, 0.3) is 0 Å². The van der Waals surface area contributed by atoms with Crippen LogP contribution in [0.4, 0.5) is 8.22 Å². The van der Waals surface area contributed by atoms with E-state index in [1.165, 1.54) is 0 Å². The molecule has 0 atom stereocenters. The van der Waals surface area contributed by atoms with E-state index in [1.54, 1.807) is 0 Å². The van der Waals surface area contributed by atoms with Gasteiger partial charge in [-0.2, -0.15) is 0 Å². The highest BCUT2D eigenvalue weighted by Crippen LogP contribution is 1.53. The fraction of sp³-hybridized carbons (Fsp3) is 0. The number of halogens is 2. The quantitative estimate of drug-likeness (QED) is 0.292. The molecule has 0 aromatic heterocycles. The largest absolute Gasteiger partial charge is 0.324 e. The van der Waals surface area contributed by atoms with Crippen LogP contribution in [0.5, 0.6) is 0 Å². The molecular weight excluding hydrogens is 94.2 g/mol. The Morgan fingerprint density at radius 2 is 1.25 bits per heavy atom. The summed E-state index contributed by atoms with van der Waals surface area (Å²) in [7, 11) is -3.21. The molecule has 0 bridgehead atoms. The predicted octanol–water partition coefficient (Wildman–Crippen LogP) is -0.992. The summed E-state index contributed by atoms with van der Waals surface area (Å²) in [6, 6.07) is 0.